The largest absolute Gasteiger partial charge is 0.348 e. The topological polar surface area (TPSA) is 55.1 Å². The zero-order valence-corrected chi connectivity index (χ0v) is 7.26. The fraction of sp³-hybridized carbons (Fsp3) is 0.667. The minimum Gasteiger partial charge on any atom is -0.348 e. The lowest BCUT2D eigenvalue weighted by atomic mass is 9.94. The first-order chi connectivity index (χ1) is 5.70. The molecular weight excluding hydrogens is 152 g/mol. The first kappa shape index (κ1) is 7.80. The van der Waals surface area contributed by atoms with Crippen molar-refractivity contribution in [2.24, 2.45) is 5.73 Å². The smallest absolute Gasteiger partial charge is 0.241 e. The number of hydrogen-bond acceptors (Lipinski definition) is 2. The number of nitrogens with two attached hydrogens (primary N) is 1. The van der Waals surface area contributed by atoms with E-state index in [4.69, 9.17) is 5.73 Å². The average Bonchev–Trinajstić information content (AvgIpc) is 2.48. The van der Waals surface area contributed by atoms with E-state index in [0.717, 1.165) is 19.3 Å². The minimum atomic E-state index is -0.362. The Hall–Kier alpha value is -0.830. The lowest BCUT2D eigenvalue weighted by Gasteiger charge is -2.27. The number of rotatable bonds is 0. The lowest BCUT2D eigenvalue weighted by Crippen LogP contribution is -2.50. The molecule has 0 radical (unpaired) electrons. The SMILES string of the molecule is CC1NC(=O)C(N)C2=C1CCC2. The molecule has 0 fully saturated rings. The van der Waals surface area contributed by atoms with Crippen LogP contribution in [0.15, 0.2) is 11.1 Å². The molecule has 2 unspecified atom stereocenters. The van der Waals surface area contributed by atoms with Crippen LogP contribution in [0.4, 0.5) is 0 Å². The maximum absolute atomic E-state index is 11.3. The molecule has 1 aliphatic carbocycles. The van der Waals surface area contributed by atoms with Crippen LogP contribution < -0.4 is 11.1 Å². The van der Waals surface area contributed by atoms with Crippen LogP contribution in [0.1, 0.15) is 26.2 Å². The Morgan fingerprint density at radius 3 is 2.83 bits per heavy atom. The maximum atomic E-state index is 11.3. The van der Waals surface area contributed by atoms with Crippen molar-refractivity contribution in [1.82, 2.24) is 5.32 Å². The van der Waals surface area contributed by atoms with Gasteiger partial charge in [-0.15, -0.1) is 0 Å². The molecule has 1 amide bonds. The molecule has 2 atom stereocenters. The van der Waals surface area contributed by atoms with Gasteiger partial charge in [0.2, 0.25) is 5.91 Å². The van der Waals surface area contributed by atoms with E-state index in [9.17, 15) is 4.79 Å². The summed E-state index contributed by atoms with van der Waals surface area (Å²) in [5.74, 6) is -0.0110. The molecule has 0 aromatic heterocycles. The van der Waals surface area contributed by atoms with Crippen LogP contribution in [-0.4, -0.2) is 18.0 Å². The standard InChI is InChI=1S/C9H14N2O/c1-5-6-3-2-4-7(6)8(10)9(12)11-5/h5,8H,2-4,10H2,1H3,(H,11,12). The van der Waals surface area contributed by atoms with Gasteiger partial charge in [0, 0.05) is 6.04 Å². The number of carbonyl (C=O) groups is 1. The number of hydrogen-bond donors (Lipinski definition) is 2. The predicted octanol–water partition coefficient (Wildman–Crippen LogP) is 0.312. The quantitative estimate of drug-likeness (QED) is 0.509. The fourth-order valence-corrected chi connectivity index (χ4v) is 2.19. The molecule has 2 rings (SSSR count). The van der Waals surface area contributed by atoms with Gasteiger partial charge in [-0.25, -0.2) is 0 Å². The summed E-state index contributed by atoms with van der Waals surface area (Å²) in [5.41, 5.74) is 8.33. The average molecular weight is 166 g/mol. The van der Waals surface area contributed by atoms with Crippen LogP contribution in [0.3, 0.4) is 0 Å². The zero-order valence-electron chi connectivity index (χ0n) is 7.26. The van der Waals surface area contributed by atoms with Crippen molar-refractivity contribution in [3.63, 3.8) is 0 Å². The van der Waals surface area contributed by atoms with Gasteiger partial charge in [-0.3, -0.25) is 4.79 Å². The van der Waals surface area contributed by atoms with E-state index in [1.54, 1.807) is 0 Å². The van der Waals surface area contributed by atoms with E-state index in [2.05, 4.69) is 5.32 Å². The van der Waals surface area contributed by atoms with Crippen LogP contribution in [0.5, 0.6) is 0 Å². The van der Waals surface area contributed by atoms with E-state index in [0.29, 0.717) is 0 Å². The molecule has 0 spiro atoms. The van der Waals surface area contributed by atoms with Gasteiger partial charge >= 0.3 is 0 Å². The summed E-state index contributed by atoms with van der Waals surface area (Å²) in [4.78, 5) is 11.3. The van der Waals surface area contributed by atoms with Gasteiger partial charge in [0.1, 0.15) is 6.04 Å². The van der Waals surface area contributed by atoms with Crippen molar-refractivity contribution < 1.29 is 4.79 Å². The third-order valence-electron chi connectivity index (χ3n) is 2.84. The molecule has 66 valence electrons. The zero-order chi connectivity index (χ0) is 8.72. The molecule has 1 heterocycles. The van der Waals surface area contributed by atoms with Crippen molar-refractivity contribution >= 4 is 5.91 Å². The van der Waals surface area contributed by atoms with Crippen molar-refractivity contribution in [3.8, 4) is 0 Å². The highest BCUT2D eigenvalue weighted by atomic mass is 16.2. The van der Waals surface area contributed by atoms with E-state index in [1.807, 2.05) is 6.92 Å². The Morgan fingerprint density at radius 2 is 2.08 bits per heavy atom. The minimum absolute atomic E-state index is 0.0110. The molecule has 1 aliphatic heterocycles. The Balaban J connectivity index is 2.35. The Labute approximate surface area is 72.0 Å². The Kier molecular flexibility index (Phi) is 1.68. The van der Waals surface area contributed by atoms with Crippen LogP contribution in [-0.2, 0) is 4.79 Å². The summed E-state index contributed by atoms with van der Waals surface area (Å²) in [6.07, 6.45) is 3.30. The van der Waals surface area contributed by atoms with Gasteiger partial charge in [0.15, 0.2) is 0 Å². The molecule has 2 aliphatic rings. The van der Waals surface area contributed by atoms with Crippen molar-refractivity contribution in [2.75, 3.05) is 0 Å². The third-order valence-corrected chi connectivity index (χ3v) is 2.84. The van der Waals surface area contributed by atoms with Gasteiger partial charge in [-0.05, 0) is 37.3 Å². The van der Waals surface area contributed by atoms with Crippen molar-refractivity contribution in [2.45, 2.75) is 38.3 Å². The van der Waals surface area contributed by atoms with Crippen molar-refractivity contribution in [3.05, 3.63) is 11.1 Å². The molecule has 0 bridgehead atoms. The van der Waals surface area contributed by atoms with E-state index < -0.39 is 0 Å². The van der Waals surface area contributed by atoms with Crippen LogP contribution >= 0.6 is 0 Å². The molecule has 3 heteroatoms. The van der Waals surface area contributed by atoms with Gasteiger partial charge in [-0.1, -0.05) is 0 Å². The molecule has 3 N–H and O–H groups in total. The normalized spacial score (nSPS) is 35.0. The monoisotopic (exact) mass is 166 g/mol. The van der Waals surface area contributed by atoms with Gasteiger partial charge in [-0.2, -0.15) is 0 Å². The van der Waals surface area contributed by atoms with Gasteiger partial charge < -0.3 is 11.1 Å². The highest BCUT2D eigenvalue weighted by Gasteiger charge is 2.32. The second-order valence-corrected chi connectivity index (χ2v) is 3.61. The summed E-state index contributed by atoms with van der Waals surface area (Å²) in [7, 11) is 0. The first-order valence-corrected chi connectivity index (χ1v) is 4.48. The molecule has 0 aromatic rings. The fourth-order valence-electron chi connectivity index (χ4n) is 2.19. The molecule has 3 nitrogen and oxygen atoms in total. The summed E-state index contributed by atoms with van der Waals surface area (Å²) in [6.45, 7) is 2.03. The first-order valence-electron chi connectivity index (χ1n) is 4.48. The van der Waals surface area contributed by atoms with Gasteiger partial charge in [0.05, 0.1) is 0 Å². The van der Waals surface area contributed by atoms with Crippen LogP contribution in [0.2, 0.25) is 0 Å². The summed E-state index contributed by atoms with van der Waals surface area (Å²) in [5, 5.41) is 2.88. The highest BCUT2D eigenvalue weighted by molar-refractivity contribution is 5.87. The van der Waals surface area contributed by atoms with Crippen LogP contribution in [0, 0.1) is 0 Å². The van der Waals surface area contributed by atoms with Gasteiger partial charge in [0.25, 0.3) is 0 Å². The number of nitrogens with one attached hydrogen (secondary N) is 1. The van der Waals surface area contributed by atoms with E-state index >= 15 is 0 Å². The summed E-state index contributed by atoms with van der Waals surface area (Å²) < 4.78 is 0. The molecule has 12 heavy (non-hydrogen) atoms. The Bertz CT molecular complexity index is 257. The molecule has 0 saturated heterocycles. The Morgan fingerprint density at radius 1 is 1.42 bits per heavy atom. The molecule has 0 saturated carbocycles. The summed E-state index contributed by atoms with van der Waals surface area (Å²) >= 11 is 0. The summed E-state index contributed by atoms with van der Waals surface area (Å²) in [6, 6.07) is -0.145. The maximum Gasteiger partial charge on any atom is 0.241 e. The molecule has 0 aromatic carbocycles. The van der Waals surface area contributed by atoms with E-state index in [1.165, 1.54) is 11.1 Å². The number of amides is 1. The van der Waals surface area contributed by atoms with E-state index in [-0.39, 0.29) is 18.0 Å². The lowest BCUT2D eigenvalue weighted by molar-refractivity contribution is -0.122. The third kappa shape index (κ3) is 0.966. The second-order valence-electron chi connectivity index (χ2n) is 3.61. The highest BCUT2D eigenvalue weighted by Crippen LogP contribution is 2.32. The number of carbonyl (C=O) groups excluding carboxylic acids is 1. The van der Waals surface area contributed by atoms with Crippen molar-refractivity contribution in [1.29, 1.82) is 0 Å². The molecular formula is C9H14N2O. The van der Waals surface area contributed by atoms with Crippen LogP contribution in [0.25, 0.3) is 0 Å². The second kappa shape index (κ2) is 2.59. The predicted molar refractivity (Wildman–Crippen MR) is 46.5 cm³/mol.